The molecule has 2 aromatic carbocycles. The molecule has 0 saturated carbocycles. The molecule has 0 heterocycles. The van der Waals surface area contributed by atoms with Crippen LogP contribution in [0.5, 0.6) is 0 Å². The van der Waals surface area contributed by atoms with Gasteiger partial charge >= 0.3 is 0 Å². The first kappa shape index (κ1) is 13.3. The Hall–Kier alpha value is -2.09. The third-order valence-electron chi connectivity index (χ3n) is 3.26. The van der Waals surface area contributed by atoms with Crippen LogP contribution in [0.4, 0.5) is 5.69 Å². The molecule has 0 bridgehead atoms. The molecule has 0 fully saturated rings. The molecule has 0 spiro atoms. The van der Waals surface area contributed by atoms with Gasteiger partial charge in [-0.05, 0) is 24.1 Å². The van der Waals surface area contributed by atoms with Gasteiger partial charge in [-0.25, -0.2) is 0 Å². The average molecular weight is 253 g/mol. The SMILES string of the molecule is CCc1ccc(C(=O)CN(C)c2ccccc2)cc1. The summed E-state index contributed by atoms with van der Waals surface area (Å²) in [5, 5.41) is 0. The van der Waals surface area contributed by atoms with Gasteiger partial charge in [0.2, 0.25) is 0 Å². The van der Waals surface area contributed by atoms with Crippen LogP contribution in [0, 0.1) is 0 Å². The number of nitrogens with zero attached hydrogens (tertiary/aromatic N) is 1. The summed E-state index contributed by atoms with van der Waals surface area (Å²) in [5.41, 5.74) is 3.09. The van der Waals surface area contributed by atoms with Crippen LogP contribution in [-0.2, 0) is 6.42 Å². The lowest BCUT2D eigenvalue weighted by atomic mass is 10.1. The fraction of sp³-hybridized carbons (Fsp3) is 0.235. The van der Waals surface area contributed by atoms with Crippen molar-refractivity contribution < 1.29 is 4.79 Å². The fourth-order valence-electron chi connectivity index (χ4n) is 2.01. The van der Waals surface area contributed by atoms with Crippen molar-refractivity contribution in [3.8, 4) is 0 Å². The summed E-state index contributed by atoms with van der Waals surface area (Å²) < 4.78 is 0. The standard InChI is InChI=1S/C17H19NO/c1-3-14-9-11-15(12-10-14)17(19)13-18(2)16-7-5-4-6-8-16/h4-12H,3,13H2,1-2H3. The molecule has 0 atom stereocenters. The molecular formula is C17H19NO. The Labute approximate surface area is 114 Å². The van der Waals surface area contributed by atoms with Crippen molar-refractivity contribution in [2.24, 2.45) is 0 Å². The maximum Gasteiger partial charge on any atom is 0.182 e. The molecule has 0 N–H and O–H groups in total. The lowest BCUT2D eigenvalue weighted by Crippen LogP contribution is -2.25. The van der Waals surface area contributed by atoms with Crippen molar-refractivity contribution >= 4 is 11.5 Å². The zero-order chi connectivity index (χ0) is 13.7. The van der Waals surface area contributed by atoms with Crippen molar-refractivity contribution in [2.75, 3.05) is 18.5 Å². The molecule has 0 saturated heterocycles. The highest BCUT2D eigenvalue weighted by Gasteiger charge is 2.09. The highest BCUT2D eigenvalue weighted by atomic mass is 16.1. The van der Waals surface area contributed by atoms with E-state index in [4.69, 9.17) is 0 Å². The van der Waals surface area contributed by atoms with Gasteiger partial charge in [-0.2, -0.15) is 0 Å². The predicted octanol–water partition coefficient (Wildman–Crippen LogP) is 3.57. The molecule has 19 heavy (non-hydrogen) atoms. The number of likely N-dealkylation sites (N-methyl/N-ethyl adjacent to an activating group) is 1. The molecular weight excluding hydrogens is 234 g/mol. The van der Waals surface area contributed by atoms with Gasteiger partial charge in [0.1, 0.15) is 0 Å². The minimum atomic E-state index is 0.147. The summed E-state index contributed by atoms with van der Waals surface area (Å²) in [6.07, 6.45) is 0.998. The molecule has 0 aromatic heterocycles. The van der Waals surface area contributed by atoms with Crippen LogP contribution >= 0.6 is 0 Å². The van der Waals surface area contributed by atoms with Crippen LogP contribution in [0.3, 0.4) is 0 Å². The van der Waals surface area contributed by atoms with Gasteiger partial charge in [0.25, 0.3) is 0 Å². The van der Waals surface area contributed by atoms with Gasteiger partial charge < -0.3 is 4.90 Å². The van der Waals surface area contributed by atoms with Crippen molar-refractivity contribution in [3.63, 3.8) is 0 Å². The summed E-state index contributed by atoms with van der Waals surface area (Å²) in [4.78, 5) is 14.2. The fourth-order valence-corrected chi connectivity index (χ4v) is 2.01. The Morgan fingerprint density at radius 3 is 2.21 bits per heavy atom. The van der Waals surface area contributed by atoms with E-state index in [1.165, 1.54) is 5.56 Å². The number of anilines is 1. The van der Waals surface area contributed by atoms with Gasteiger partial charge in [-0.1, -0.05) is 49.4 Å². The van der Waals surface area contributed by atoms with Gasteiger partial charge in [-0.3, -0.25) is 4.79 Å². The van der Waals surface area contributed by atoms with Crippen LogP contribution in [-0.4, -0.2) is 19.4 Å². The van der Waals surface area contributed by atoms with E-state index in [-0.39, 0.29) is 5.78 Å². The molecule has 2 aromatic rings. The molecule has 2 nitrogen and oxygen atoms in total. The molecule has 0 aliphatic rings. The summed E-state index contributed by atoms with van der Waals surface area (Å²) in [5.74, 6) is 0.147. The maximum atomic E-state index is 12.2. The molecule has 2 rings (SSSR count). The van der Waals surface area contributed by atoms with Crippen LogP contribution in [0.15, 0.2) is 54.6 Å². The van der Waals surface area contributed by atoms with Crippen LogP contribution in [0.25, 0.3) is 0 Å². The molecule has 2 heteroatoms. The summed E-state index contributed by atoms with van der Waals surface area (Å²) >= 11 is 0. The second-order valence-electron chi connectivity index (χ2n) is 4.67. The lowest BCUT2D eigenvalue weighted by molar-refractivity contribution is 0.100. The van der Waals surface area contributed by atoms with Gasteiger partial charge in [0.15, 0.2) is 5.78 Å². The van der Waals surface area contributed by atoms with E-state index in [0.717, 1.165) is 17.7 Å². The van der Waals surface area contributed by atoms with E-state index in [9.17, 15) is 4.79 Å². The third kappa shape index (κ3) is 3.44. The van der Waals surface area contributed by atoms with Crippen LogP contribution in [0.1, 0.15) is 22.8 Å². The molecule has 0 amide bonds. The molecule has 98 valence electrons. The second-order valence-corrected chi connectivity index (χ2v) is 4.67. The maximum absolute atomic E-state index is 12.2. The Balaban J connectivity index is 2.04. The Morgan fingerprint density at radius 1 is 1.00 bits per heavy atom. The number of aryl methyl sites for hydroxylation is 1. The van der Waals surface area contributed by atoms with Gasteiger partial charge in [-0.15, -0.1) is 0 Å². The summed E-state index contributed by atoms with van der Waals surface area (Å²) in [7, 11) is 1.94. The number of para-hydroxylation sites is 1. The first-order valence-corrected chi connectivity index (χ1v) is 6.59. The molecule has 0 unspecified atom stereocenters. The quantitative estimate of drug-likeness (QED) is 0.759. The zero-order valence-electron chi connectivity index (χ0n) is 11.5. The van der Waals surface area contributed by atoms with E-state index in [2.05, 4.69) is 6.92 Å². The van der Waals surface area contributed by atoms with E-state index < -0.39 is 0 Å². The third-order valence-corrected chi connectivity index (χ3v) is 3.26. The van der Waals surface area contributed by atoms with Gasteiger partial charge in [0.05, 0.1) is 6.54 Å². The minimum absolute atomic E-state index is 0.147. The van der Waals surface area contributed by atoms with E-state index in [0.29, 0.717) is 6.54 Å². The molecule has 0 aliphatic heterocycles. The van der Waals surface area contributed by atoms with E-state index in [1.54, 1.807) is 0 Å². The Bertz CT molecular complexity index is 531. The van der Waals surface area contributed by atoms with Crippen molar-refractivity contribution in [1.29, 1.82) is 0 Å². The number of ketones is 1. The number of rotatable bonds is 5. The minimum Gasteiger partial charge on any atom is -0.367 e. The second kappa shape index (κ2) is 6.19. The van der Waals surface area contributed by atoms with Crippen molar-refractivity contribution in [1.82, 2.24) is 0 Å². The predicted molar refractivity (Wildman–Crippen MR) is 79.9 cm³/mol. The monoisotopic (exact) mass is 253 g/mol. The zero-order valence-corrected chi connectivity index (χ0v) is 11.5. The topological polar surface area (TPSA) is 20.3 Å². The van der Waals surface area contributed by atoms with Crippen molar-refractivity contribution in [3.05, 3.63) is 65.7 Å². The van der Waals surface area contributed by atoms with Crippen LogP contribution in [0.2, 0.25) is 0 Å². The molecule has 0 radical (unpaired) electrons. The summed E-state index contributed by atoms with van der Waals surface area (Å²) in [6.45, 7) is 2.51. The number of hydrogen-bond donors (Lipinski definition) is 0. The number of carbonyl (C=O) groups is 1. The van der Waals surface area contributed by atoms with Crippen molar-refractivity contribution in [2.45, 2.75) is 13.3 Å². The van der Waals surface area contributed by atoms with Gasteiger partial charge in [0, 0.05) is 18.3 Å². The molecule has 0 aliphatic carbocycles. The van der Waals surface area contributed by atoms with E-state index in [1.807, 2.05) is 66.5 Å². The first-order valence-electron chi connectivity index (χ1n) is 6.59. The largest absolute Gasteiger partial charge is 0.367 e. The van der Waals surface area contributed by atoms with Crippen LogP contribution < -0.4 is 4.90 Å². The first-order chi connectivity index (χ1) is 9.20. The number of benzene rings is 2. The highest BCUT2D eigenvalue weighted by Crippen LogP contribution is 2.12. The Kier molecular flexibility index (Phi) is 4.35. The summed E-state index contributed by atoms with van der Waals surface area (Å²) in [6, 6.07) is 17.8. The number of hydrogen-bond acceptors (Lipinski definition) is 2. The average Bonchev–Trinajstić information content (AvgIpc) is 2.48. The normalized spacial score (nSPS) is 10.2. The van der Waals surface area contributed by atoms with E-state index >= 15 is 0 Å². The Morgan fingerprint density at radius 2 is 1.63 bits per heavy atom. The lowest BCUT2D eigenvalue weighted by Gasteiger charge is -2.18. The number of carbonyl (C=O) groups excluding carboxylic acids is 1. The smallest absolute Gasteiger partial charge is 0.182 e. The highest BCUT2D eigenvalue weighted by molar-refractivity contribution is 5.99. The number of Topliss-reactive ketones (excluding diaryl/α,β-unsaturated/α-hetero) is 1.